The standard InChI is InChI=1S/C36H47N4O2/c41-36-18-10-4-1-2-5-11-19-38-21-17-30(35(25-38)23-26-13-7-3-6-12-20-39(26)34(35)36)29(24-36)33-32-28(16-22-40(33)42)27-14-8-9-15-31(27)37-32/h1,4,7-9,13-15,24,26,30,33-34,37,41H,2-3,5-6,10-12,16-23,25H2/q-1/b4-1-,13-7-/t26?,30-,33?,34+,35-,36-/m0/s1. The van der Waals surface area contributed by atoms with Crippen molar-refractivity contribution in [3.63, 3.8) is 0 Å². The van der Waals surface area contributed by atoms with Crippen LogP contribution in [0.2, 0.25) is 0 Å². The summed E-state index contributed by atoms with van der Waals surface area (Å²) in [5.74, 6) is 0.292. The van der Waals surface area contributed by atoms with Crippen LogP contribution in [0.1, 0.15) is 81.5 Å². The van der Waals surface area contributed by atoms with Crippen molar-refractivity contribution in [2.75, 3.05) is 32.7 Å². The minimum absolute atomic E-state index is 0.0708. The summed E-state index contributed by atoms with van der Waals surface area (Å²) < 4.78 is 0. The number of nitrogens with one attached hydrogen (secondary N) is 1. The van der Waals surface area contributed by atoms with Gasteiger partial charge in [0.1, 0.15) is 0 Å². The number of H-pyrrole nitrogens is 1. The summed E-state index contributed by atoms with van der Waals surface area (Å²) in [6.07, 6.45) is 23.4. The molecule has 0 amide bonds. The lowest BCUT2D eigenvalue weighted by molar-refractivity contribution is -0.0997. The van der Waals surface area contributed by atoms with Gasteiger partial charge in [-0.15, -0.1) is 0 Å². The molecule has 2 fully saturated rings. The number of benzene rings is 1. The maximum atomic E-state index is 14.0. The molecule has 8 rings (SSSR count). The lowest BCUT2D eigenvalue weighted by atomic mass is 9.54. The van der Waals surface area contributed by atoms with Crippen molar-refractivity contribution < 1.29 is 5.11 Å². The topological polar surface area (TPSA) is 68.8 Å². The van der Waals surface area contributed by atoms with E-state index < -0.39 is 5.60 Å². The number of hydroxylamine groups is 2. The van der Waals surface area contributed by atoms with Gasteiger partial charge in [-0.05, 0) is 120 Å². The Kier molecular flexibility index (Phi) is 6.99. The number of aromatic nitrogens is 1. The van der Waals surface area contributed by atoms with Gasteiger partial charge in [0.15, 0.2) is 0 Å². The van der Waals surface area contributed by atoms with E-state index in [2.05, 4.69) is 69.4 Å². The summed E-state index contributed by atoms with van der Waals surface area (Å²) in [4.78, 5) is 9.16. The molecular weight excluding hydrogens is 520 g/mol. The summed E-state index contributed by atoms with van der Waals surface area (Å²) in [6.45, 7) is 4.80. The van der Waals surface area contributed by atoms with Gasteiger partial charge in [0, 0.05) is 34.6 Å². The molecule has 1 aliphatic carbocycles. The van der Waals surface area contributed by atoms with E-state index in [0.717, 1.165) is 75.9 Å². The Morgan fingerprint density at radius 1 is 0.929 bits per heavy atom. The Morgan fingerprint density at radius 2 is 1.76 bits per heavy atom. The van der Waals surface area contributed by atoms with Crippen molar-refractivity contribution in [3.8, 4) is 0 Å². The number of piperidine rings is 1. The number of hydrogen-bond acceptors (Lipinski definition) is 5. The monoisotopic (exact) mass is 567 g/mol. The zero-order chi connectivity index (χ0) is 28.3. The van der Waals surface area contributed by atoms with Crippen LogP contribution in [0.25, 0.3) is 10.9 Å². The fourth-order valence-corrected chi connectivity index (χ4v) is 10.2. The van der Waals surface area contributed by atoms with Crippen LogP contribution in [0.5, 0.6) is 0 Å². The van der Waals surface area contributed by atoms with Crippen LogP contribution in [0, 0.1) is 16.5 Å². The van der Waals surface area contributed by atoms with E-state index >= 15 is 0 Å². The fraction of sp³-hybridized carbons (Fsp3) is 0.611. The minimum Gasteiger partial charge on any atom is -0.784 e. The Morgan fingerprint density at radius 3 is 2.69 bits per heavy atom. The number of allylic oxidation sites excluding steroid dienone is 3. The van der Waals surface area contributed by atoms with Crippen molar-refractivity contribution >= 4 is 10.9 Å². The van der Waals surface area contributed by atoms with Gasteiger partial charge < -0.3 is 25.3 Å². The molecule has 1 spiro atoms. The zero-order valence-electron chi connectivity index (χ0n) is 25.0. The van der Waals surface area contributed by atoms with Gasteiger partial charge in [0.2, 0.25) is 0 Å². The predicted octanol–water partition coefficient (Wildman–Crippen LogP) is 6.25. The van der Waals surface area contributed by atoms with Gasteiger partial charge in [-0.1, -0.05) is 48.6 Å². The molecule has 224 valence electrons. The predicted molar refractivity (Wildman–Crippen MR) is 169 cm³/mol. The van der Waals surface area contributed by atoms with E-state index in [4.69, 9.17) is 0 Å². The number of aliphatic hydroxyl groups is 1. The van der Waals surface area contributed by atoms with Crippen molar-refractivity contribution in [1.29, 1.82) is 0 Å². The lowest BCUT2D eigenvalue weighted by Crippen LogP contribution is -2.66. The summed E-state index contributed by atoms with van der Waals surface area (Å²) in [7, 11) is 0. The van der Waals surface area contributed by atoms with E-state index in [1.54, 1.807) is 0 Å². The van der Waals surface area contributed by atoms with Crippen LogP contribution in [0.3, 0.4) is 0 Å². The second-order valence-electron chi connectivity index (χ2n) is 14.2. The first-order valence-corrected chi connectivity index (χ1v) is 16.9. The number of aromatic amines is 1. The summed E-state index contributed by atoms with van der Waals surface area (Å²) in [5.41, 5.74) is 3.65. The Labute approximate surface area is 250 Å². The van der Waals surface area contributed by atoms with E-state index in [-0.39, 0.29) is 17.5 Å². The Bertz CT molecular complexity index is 1410. The average molecular weight is 568 g/mol. The zero-order valence-corrected chi connectivity index (χ0v) is 25.0. The molecular formula is C36H47N4O2-. The molecule has 2 saturated heterocycles. The second-order valence-corrected chi connectivity index (χ2v) is 14.2. The van der Waals surface area contributed by atoms with E-state index in [9.17, 15) is 10.3 Å². The molecule has 2 N–H and O–H groups in total. The summed E-state index contributed by atoms with van der Waals surface area (Å²) in [5, 5.41) is 29.7. The maximum Gasteiger partial charge on any atom is 0.0994 e. The van der Waals surface area contributed by atoms with E-state index in [1.807, 2.05) is 0 Å². The molecule has 6 heterocycles. The highest BCUT2D eigenvalue weighted by atomic mass is 16.5. The van der Waals surface area contributed by atoms with E-state index in [1.165, 1.54) is 47.3 Å². The molecule has 0 saturated carbocycles. The average Bonchev–Trinajstić information content (AvgIpc) is 3.49. The molecule has 3 unspecified atom stereocenters. The van der Waals surface area contributed by atoms with Crippen LogP contribution < -0.4 is 0 Å². The quantitative estimate of drug-likeness (QED) is 0.399. The van der Waals surface area contributed by atoms with Gasteiger partial charge in [-0.25, -0.2) is 0 Å². The number of para-hydroxylation sites is 1. The number of nitrogens with zero attached hydrogens (tertiary/aromatic N) is 3. The molecule has 7 atom stereocenters. The van der Waals surface area contributed by atoms with Gasteiger partial charge in [0.25, 0.3) is 0 Å². The first kappa shape index (κ1) is 27.3. The van der Waals surface area contributed by atoms with Crippen LogP contribution >= 0.6 is 0 Å². The molecule has 2 aromatic rings. The first-order valence-electron chi connectivity index (χ1n) is 16.9. The van der Waals surface area contributed by atoms with Gasteiger partial charge in [-0.2, -0.15) is 0 Å². The smallest absolute Gasteiger partial charge is 0.0994 e. The highest BCUT2D eigenvalue weighted by Crippen LogP contribution is 2.62. The summed E-state index contributed by atoms with van der Waals surface area (Å²) >= 11 is 0. The molecule has 6 aliphatic rings. The van der Waals surface area contributed by atoms with Crippen molar-refractivity contribution in [2.24, 2.45) is 11.3 Å². The van der Waals surface area contributed by atoms with Gasteiger partial charge >= 0.3 is 0 Å². The third kappa shape index (κ3) is 4.32. The molecule has 6 heteroatoms. The molecule has 3 bridgehead atoms. The van der Waals surface area contributed by atoms with Crippen molar-refractivity contribution in [3.05, 3.63) is 76.7 Å². The number of rotatable bonds is 1. The molecule has 5 aliphatic heterocycles. The molecule has 1 aromatic heterocycles. The van der Waals surface area contributed by atoms with Crippen molar-refractivity contribution in [2.45, 2.75) is 94.4 Å². The lowest BCUT2D eigenvalue weighted by Gasteiger charge is -2.60. The highest BCUT2D eigenvalue weighted by Gasteiger charge is 2.66. The highest BCUT2D eigenvalue weighted by molar-refractivity contribution is 5.85. The molecule has 6 nitrogen and oxygen atoms in total. The van der Waals surface area contributed by atoms with Crippen LogP contribution in [0.15, 0.2) is 60.2 Å². The molecule has 42 heavy (non-hydrogen) atoms. The van der Waals surface area contributed by atoms with Crippen LogP contribution in [0.4, 0.5) is 0 Å². The Hall–Kier alpha value is -2.22. The minimum atomic E-state index is -0.973. The van der Waals surface area contributed by atoms with E-state index in [0.29, 0.717) is 24.9 Å². The molecule has 1 aromatic carbocycles. The third-order valence-electron chi connectivity index (χ3n) is 11.8. The normalized spacial score (nSPS) is 40.8. The third-order valence-corrected chi connectivity index (χ3v) is 11.8. The van der Waals surface area contributed by atoms with Crippen LogP contribution in [-0.4, -0.2) is 75.4 Å². The fourth-order valence-electron chi connectivity index (χ4n) is 10.2. The second kappa shape index (κ2) is 10.7. The maximum absolute atomic E-state index is 14.0. The SMILES string of the molecule is [O-]N1CCc2c([nH]c3ccccc23)C1C1=C[C@@]2(O)CC/C=C\CCCCN3CC[C@@H]1[C@]1(CC4/C=C\CCCCN4[C@H]12)C3. The largest absolute Gasteiger partial charge is 0.784 e. The van der Waals surface area contributed by atoms with Gasteiger partial charge in [0.05, 0.1) is 17.7 Å². The van der Waals surface area contributed by atoms with Crippen molar-refractivity contribution in [1.82, 2.24) is 19.8 Å². The molecule has 0 radical (unpaired) electrons. The summed E-state index contributed by atoms with van der Waals surface area (Å²) in [6, 6.07) is 8.61. The first-order chi connectivity index (χ1) is 20.6. The van der Waals surface area contributed by atoms with Gasteiger partial charge in [-0.3, -0.25) is 4.90 Å². The van der Waals surface area contributed by atoms with Crippen LogP contribution in [-0.2, 0) is 6.42 Å². The Balaban J connectivity index is 1.32. The number of fused-ring (bicyclic) bond motifs is 5. The number of hydrogen-bond donors (Lipinski definition) is 2.